The van der Waals surface area contributed by atoms with Gasteiger partial charge >= 0.3 is 12.1 Å². The van der Waals surface area contributed by atoms with E-state index in [-0.39, 0.29) is 42.1 Å². The molecule has 2 aliphatic rings. The Morgan fingerprint density at radius 1 is 0.947 bits per heavy atom. The van der Waals surface area contributed by atoms with Gasteiger partial charge in [0.1, 0.15) is 0 Å². The zero-order valence-corrected chi connectivity index (χ0v) is 25.2. The molecule has 4 amide bonds. The highest BCUT2D eigenvalue weighted by molar-refractivity contribution is 7.91. The Morgan fingerprint density at radius 3 is 2.08 bits per heavy atom. The number of nitrogens with one attached hydrogen (secondary N) is 1. The molecule has 11 nitrogen and oxygen atoms in total. The monoisotopic (exact) mass is 585 g/mol. The summed E-state index contributed by atoms with van der Waals surface area (Å²) in [7, 11) is -3.02. The van der Waals surface area contributed by atoms with Crippen molar-refractivity contribution in [3.8, 4) is 0 Å². The van der Waals surface area contributed by atoms with Gasteiger partial charge in [-0.1, -0.05) is 34.6 Å². The number of anilines is 2. The van der Waals surface area contributed by atoms with Gasteiger partial charge in [-0.3, -0.25) is 5.32 Å². The summed E-state index contributed by atoms with van der Waals surface area (Å²) in [5.41, 5.74) is 5.67. The number of nitrogens with zero attached hydrogens (tertiary/aromatic N) is 5. The first-order valence-corrected chi connectivity index (χ1v) is 16.2. The molecule has 3 N–H and O–H groups in total. The minimum Gasteiger partial charge on any atom is -0.375 e. The predicted octanol–water partition coefficient (Wildman–Crippen LogP) is 3.68. The lowest BCUT2D eigenvalue weighted by Crippen LogP contribution is -2.50. The van der Waals surface area contributed by atoms with Crippen LogP contribution in [0.1, 0.15) is 56.7 Å². The highest BCUT2D eigenvalue weighted by atomic mass is 32.2. The number of carbonyl (C=O) groups excluding carboxylic acids is 2. The Hall–Kier alpha value is -2.45. The third-order valence-corrected chi connectivity index (χ3v) is 10.3. The molecule has 2 aromatic heterocycles. The summed E-state index contributed by atoms with van der Waals surface area (Å²) in [5, 5.41) is 4.09. The fourth-order valence-electron chi connectivity index (χ4n) is 3.83. The lowest BCUT2D eigenvalue weighted by molar-refractivity contribution is 0.157. The zero-order valence-electron chi connectivity index (χ0n) is 22.8. The number of amides is 4. The molecule has 0 radical (unpaired) electrons. The van der Waals surface area contributed by atoms with E-state index in [2.05, 4.69) is 49.9 Å². The normalized spacial score (nSPS) is 18.0. The van der Waals surface area contributed by atoms with Crippen molar-refractivity contribution in [2.24, 2.45) is 0 Å². The van der Waals surface area contributed by atoms with E-state index < -0.39 is 9.84 Å². The first-order chi connectivity index (χ1) is 17.7. The summed E-state index contributed by atoms with van der Waals surface area (Å²) < 4.78 is 23.1. The fourth-order valence-corrected chi connectivity index (χ4v) is 6.58. The molecule has 0 unspecified atom stereocenters. The lowest BCUT2D eigenvalue weighted by atomic mass is 9.96. The van der Waals surface area contributed by atoms with E-state index >= 15 is 0 Å². The van der Waals surface area contributed by atoms with Gasteiger partial charge in [0, 0.05) is 61.4 Å². The summed E-state index contributed by atoms with van der Waals surface area (Å²) in [6.45, 7) is 13.1. The SMILES string of the molecule is CC(C)(C)c1cnc(N)s1.CC(C)c1cnc(NC(=O)N2CCCN(C(=O)N3CCS(=O)(=O)CC3)CC2)s1. The van der Waals surface area contributed by atoms with Crippen molar-refractivity contribution >= 4 is 54.8 Å². The van der Waals surface area contributed by atoms with Crippen molar-refractivity contribution in [1.29, 1.82) is 0 Å². The Morgan fingerprint density at radius 2 is 1.55 bits per heavy atom. The number of carbonyl (C=O) groups is 2. The van der Waals surface area contributed by atoms with Crippen molar-refractivity contribution in [2.75, 3.05) is 61.8 Å². The van der Waals surface area contributed by atoms with Gasteiger partial charge in [-0.2, -0.15) is 0 Å². The van der Waals surface area contributed by atoms with E-state index in [9.17, 15) is 18.0 Å². The number of hydrogen-bond donors (Lipinski definition) is 2. The Bertz CT molecular complexity index is 1190. The van der Waals surface area contributed by atoms with E-state index in [0.717, 1.165) is 4.88 Å². The lowest BCUT2D eigenvalue weighted by Gasteiger charge is -2.32. The van der Waals surface area contributed by atoms with Gasteiger partial charge in [0.05, 0.1) is 11.5 Å². The largest absolute Gasteiger partial charge is 0.375 e. The van der Waals surface area contributed by atoms with Crippen LogP contribution in [-0.4, -0.2) is 95.9 Å². The molecule has 0 bridgehead atoms. The molecule has 0 aromatic carbocycles. The molecule has 4 rings (SSSR count). The first kappa shape index (κ1) is 30.1. The van der Waals surface area contributed by atoms with Gasteiger partial charge in [-0.25, -0.2) is 28.0 Å². The van der Waals surface area contributed by atoms with E-state index in [1.54, 1.807) is 32.2 Å². The van der Waals surface area contributed by atoms with Gasteiger partial charge in [0.25, 0.3) is 0 Å². The molecule has 2 aromatic rings. The van der Waals surface area contributed by atoms with Crippen LogP contribution in [0.25, 0.3) is 0 Å². The molecular formula is C24H39N7O4S3. The Labute approximate surface area is 233 Å². The molecule has 0 saturated carbocycles. The van der Waals surface area contributed by atoms with E-state index in [1.165, 1.54) is 16.2 Å². The molecule has 212 valence electrons. The van der Waals surface area contributed by atoms with Crippen LogP contribution < -0.4 is 11.1 Å². The van der Waals surface area contributed by atoms with Crippen LogP contribution in [0.3, 0.4) is 0 Å². The molecule has 0 atom stereocenters. The second kappa shape index (κ2) is 12.6. The van der Waals surface area contributed by atoms with Crippen LogP contribution in [0.2, 0.25) is 0 Å². The summed E-state index contributed by atoms with van der Waals surface area (Å²) in [6, 6.07) is -0.346. The summed E-state index contributed by atoms with van der Waals surface area (Å²) in [4.78, 5) is 40.8. The summed E-state index contributed by atoms with van der Waals surface area (Å²) >= 11 is 3.03. The summed E-state index contributed by atoms with van der Waals surface area (Å²) in [5.74, 6) is 0.409. The maximum absolute atomic E-state index is 12.7. The van der Waals surface area contributed by atoms with Crippen molar-refractivity contribution in [2.45, 2.75) is 52.4 Å². The number of nitrogens with two attached hydrogens (primary N) is 1. The molecule has 2 aliphatic heterocycles. The molecule has 2 fully saturated rings. The van der Waals surface area contributed by atoms with Crippen molar-refractivity contribution in [3.63, 3.8) is 0 Å². The number of hydrogen-bond acceptors (Lipinski definition) is 9. The van der Waals surface area contributed by atoms with Gasteiger partial charge in [0.2, 0.25) is 0 Å². The van der Waals surface area contributed by atoms with Crippen molar-refractivity contribution < 1.29 is 18.0 Å². The molecule has 4 heterocycles. The van der Waals surface area contributed by atoms with Crippen molar-refractivity contribution in [1.82, 2.24) is 24.7 Å². The smallest absolute Gasteiger partial charge is 0.323 e. The molecule has 0 aliphatic carbocycles. The van der Waals surface area contributed by atoms with Crippen LogP contribution in [0.4, 0.5) is 19.9 Å². The number of thiazole rings is 2. The van der Waals surface area contributed by atoms with Gasteiger partial charge < -0.3 is 20.4 Å². The van der Waals surface area contributed by atoms with Crippen LogP contribution in [0, 0.1) is 0 Å². The van der Waals surface area contributed by atoms with E-state index in [0.29, 0.717) is 48.8 Å². The Balaban J connectivity index is 0.000000336. The molecule has 14 heteroatoms. The first-order valence-electron chi connectivity index (χ1n) is 12.7. The van der Waals surface area contributed by atoms with Crippen LogP contribution in [0.5, 0.6) is 0 Å². The quantitative estimate of drug-likeness (QED) is 0.548. The predicted molar refractivity (Wildman–Crippen MR) is 154 cm³/mol. The standard InChI is InChI=1S/C17H27N5O4S2.C7H12N2S/c1-13(2)14-12-18-15(27-14)19-16(23)20-4-3-5-21(7-6-20)17(24)22-8-10-28(25,26)11-9-22;1-7(2,3)5-4-9-6(8)10-5/h12-13H,3-11H2,1-2H3,(H,18,19,23);4H,1-3H3,(H2,8,9). The second-order valence-corrected chi connectivity index (χ2v) is 15.1. The van der Waals surface area contributed by atoms with Gasteiger partial charge in [0.15, 0.2) is 20.1 Å². The van der Waals surface area contributed by atoms with Crippen molar-refractivity contribution in [3.05, 3.63) is 22.1 Å². The summed E-state index contributed by atoms with van der Waals surface area (Å²) in [6.07, 6.45) is 4.31. The highest BCUT2D eigenvalue weighted by Gasteiger charge is 2.30. The maximum Gasteiger partial charge on any atom is 0.323 e. The minimum atomic E-state index is -3.02. The highest BCUT2D eigenvalue weighted by Crippen LogP contribution is 2.28. The molecule has 2 saturated heterocycles. The number of rotatable bonds is 2. The third-order valence-electron chi connectivity index (χ3n) is 6.24. The number of aromatic nitrogens is 2. The number of sulfone groups is 1. The van der Waals surface area contributed by atoms with Crippen LogP contribution >= 0.6 is 22.7 Å². The van der Waals surface area contributed by atoms with E-state index in [1.807, 2.05) is 6.20 Å². The van der Waals surface area contributed by atoms with E-state index in [4.69, 9.17) is 5.73 Å². The number of urea groups is 2. The fraction of sp³-hybridized carbons (Fsp3) is 0.667. The average Bonchev–Trinajstić information content (AvgIpc) is 3.41. The minimum absolute atomic E-state index is 0.0211. The number of nitrogen functional groups attached to an aromatic ring is 1. The zero-order chi connectivity index (χ0) is 28.1. The third kappa shape index (κ3) is 8.53. The van der Waals surface area contributed by atoms with Crippen LogP contribution in [-0.2, 0) is 15.3 Å². The molecular weight excluding hydrogens is 547 g/mol. The van der Waals surface area contributed by atoms with Crippen LogP contribution in [0.15, 0.2) is 12.4 Å². The second-order valence-electron chi connectivity index (χ2n) is 10.7. The molecule has 38 heavy (non-hydrogen) atoms. The molecule has 0 spiro atoms. The average molecular weight is 586 g/mol. The topological polar surface area (TPSA) is 142 Å². The van der Waals surface area contributed by atoms with Gasteiger partial charge in [-0.15, -0.1) is 22.7 Å². The Kier molecular flexibility index (Phi) is 9.98. The maximum atomic E-state index is 12.7. The van der Waals surface area contributed by atoms with Gasteiger partial charge in [-0.05, 0) is 17.8 Å².